The van der Waals surface area contributed by atoms with Crippen LogP contribution in [0.2, 0.25) is 0 Å². The molecule has 1 aliphatic rings. The summed E-state index contributed by atoms with van der Waals surface area (Å²) in [4.78, 5) is 12.1. The van der Waals surface area contributed by atoms with Gasteiger partial charge in [0.15, 0.2) is 12.4 Å². The molecule has 8 heteroatoms. The molecule has 3 heterocycles. The number of halogens is 1. The Kier molecular flexibility index (Phi) is 4.10. The summed E-state index contributed by atoms with van der Waals surface area (Å²) in [5, 5.41) is 7.99. The van der Waals surface area contributed by atoms with Gasteiger partial charge in [-0.25, -0.2) is 18.4 Å². The molecule has 0 aliphatic heterocycles. The molecule has 0 amide bonds. The van der Waals surface area contributed by atoms with Crippen molar-refractivity contribution >= 4 is 27.5 Å². The number of nitrogens with zero attached hydrogens (tertiary/aromatic N) is 5. The van der Waals surface area contributed by atoms with Gasteiger partial charge in [-0.2, -0.15) is 0 Å². The minimum Gasteiger partial charge on any atom is -0.455 e. The molecule has 1 saturated carbocycles. The van der Waals surface area contributed by atoms with E-state index in [-0.39, 0.29) is 5.69 Å². The smallest absolute Gasteiger partial charge is 0.361 e. The fraction of sp³-hybridized carbons (Fsp3) is 0.444. The van der Waals surface area contributed by atoms with Crippen LogP contribution >= 0.6 is 15.9 Å². The number of hydrogen-bond donors (Lipinski definition) is 0. The maximum atomic E-state index is 12.1. The Labute approximate surface area is 159 Å². The Morgan fingerprint density at radius 1 is 1.38 bits per heavy atom. The highest BCUT2D eigenvalue weighted by atomic mass is 79.9. The van der Waals surface area contributed by atoms with Gasteiger partial charge in [0.1, 0.15) is 22.5 Å². The Morgan fingerprint density at radius 3 is 2.85 bits per heavy atom. The van der Waals surface area contributed by atoms with Crippen molar-refractivity contribution in [2.75, 3.05) is 0 Å². The predicted molar refractivity (Wildman–Crippen MR) is 97.9 cm³/mol. The third kappa shape index (κ3) is 3.51. The van der Waals surface area contributed by atoms with Crippen LogP contribution in [0.5, 0.6) is 0 Å². The second kappa shape index (κ2) is 6.19. The van der Waals surface area contributed by atoms with Crippen LogP contribution in [0.4, 0.5) is 0 Å². The minimum atomic E-state index is -0.557. The normalized spacial score (nSPS) is 14.8. The average Bonchev–Trinajstić information content (AvgIpc) is 3.16. The van der Waals surface area contributed by atoms with Crippen LogP contribution < -0.4 is 4.57 Å². The molecule has 0 N–H and O–H groups in total. The summed E-state index contributed by atoms with van der Waals surface area (Å²) >= 11 is 3.69. The van der Waals surface area contributed by atoms with Gasteiger partial charge in [0.05, 0.1) is 12.4 Å². The Morgan fingerprint density at radius 2 is 2.15 bits per heavy atom. The van der Waals surface area contributed by atoms with Crippen LogP contribution in [0, 0.1) is 0 Å². The average molecular weight is 419 g/mol. The van der Waals surface area contributed by atoms with Gasteiger partial charge >= 0.3 is 11.6 Å². The molecule has 0 spiro atoms. The minimum absolute atomic E-state index is 0.208. The van der Waals surface area contributed by atoms with Crippen molar-refractivity contribution in [1.82, 2.24) is 19.4 Å². The highest BCUT2D eigenvalue weighted by Gasteiger charge is 2.27. The van der Waals surface area contributed by atoms with Gasteiger partial charge in [0, 0.05) is 0 Å². The summed E-state index contributed by atoms with van der Waals surface area (Å²) in [7, 11) is 0. The molecule has 1 aliphatic carbocycles. The van der Waals surface area contributed by atoms with Crippen molar-refractivity contribution < 1.29 is 14.1 Å². The van der Waals surface area contributed by atoms with Gasteiger partial charge in [-0.15, -0.1) is 5.10 Å². The summed E-state index contributed by atoms with van der Waals surface area (Å²) in [5.74, 6) is 0.226. The number of ether oxygens (including phenoxy) is 1. The molecule has 1 fully saturated rings. The first-order valence-electron chi connectivity index (χ1n) is 8.63. The summed E-state index contributed by atoms with van der Waals surface area (Å²) in [6.45, 7) is 5.93. The van der Waals surface area contributed by atoms with Gasteiger partial charge in [0.2, 0.25) is 0 Å². The van der Waals surface area contributed by atoms with Gasteiger partial charge in [-0.1, -0.05) is 5.21 Å². The van der Waals surface area contributed by atoms with Gasteiger partial charge < -0.3 is 4.74 Å². The highest BCUT2D eigenvalue weighted by molar-refractivity contribution is 9.10. The van der Waals surface area contributed by atoms with Crippen LogP contribution in [-0.2, 0) is 11.4 Å². The number of pyridine rings is 1. The molecule has 0 saturated heterocycles. The third-order valence-electron chi connectivity index (χ3n) is 4.21. The lowest BCUT2D eigenvalue weighted by molar-refractivity contribution is -0.677. The van der Waals surface area contributed by atoms with Crippen molar-refractivity contribution in [3.63, 3.8) is 0 Å². The maximum absolute atomic E-state index is 12.1. The lowest BCUT2D eigenvalue weighted by atomic mass is 10.2. The molecule has 0 aromatic carbocycles. The molecule has 0 unspecified atom stereocenters. The van der Waals surface area contributed by atoms with E-state index in [4.69, 9.17) is 4.74 Å². The SMILES string of the molecule is CC(C)(C)OC(=O)c1cn(C[n+]2ccn3cc(C4CC4)cc(Br)c32)nn1. The number of carbonyl (C=O) groups is 1. The van der Waals surface area contributed by atoms with E-state index in [9.17, 15) is 4.79 Å². The van der Waals surface area contributed by atoms with Crippen LogP contribution in [0.3, 0.4) is 0 Å². The molecule has 7 nitrogen and oxygen atoms in total. The van der Waals surface area contributed by atoms with E-state index in [1.807, 2.05) is 37.7 Å². The monoisotopic (exact) mass is 418 g/mol. The number of fused-ring (bicyclic) bond motifs is 1. The van der Waals surface area contributed by atoms with Gasteiger partial charge in [0.25, 0.3) is 0 Å². The second-order valence-corrected chi connectivity index (χ2v) is 8.54. The summed E-state index contributed by atoms with van der Waals surface area (Å²) in [6, 6.07) is 2.19. The summed E-state index contributed by atoms with van der Waals surface area (Å²) in [5.41, 5.74) is 2.04. The van der Waals surface area contributed by atoms with E-state index in [1.54, 1.807) is 10.9 Å². The van der Waals surface area contributed by atoms with E-state index < -0.39 is 11.6 Å². The number of imidazole rings is 1. The fourth-order valence-electron chi connectivity index (χ4n) is 2.92. The number of aromatic nitrogens is 5. The van der Waals surface area contributed by atoms with E-state index in [1.165, 1.54) is 18.4 Å². The summed E-state index contributed by atoms with van der Waals surface area (Å²) in [6.07, 6.45) is 10.3. The molecule has 0 atom stereocenters. The zero-order valence-electron chi connectivity index (χ0n) is 15.0. The lowest BCUT2D eigenvalue weighted by Gasteiger charge is -2.18. The standard InChI is InChI=1S/C18H21BrN5O2/c1-18(2,3)26-17(25)15-10-24(21-20-15)11-23-7-6-22-9-13(12-4-5-12)8-14(19)16(22)23/h6-10,12H,4-5,11H2,1-3H3/q+1. The molecular weight excluding hydrogens is 398 g/mol. The number of hydrogen-bond acceptors (Lipinski definition) is 4. The first-order chi connectivity index (χ1) is 12.3. The summed E-state index contributed by atoms with van der Waals surface area (Å²) < 4.78 is 12.2. The largest absolute Gasteiger partial charge is 0.455 e. The first kappa shape index (κ1) is 17.2. The van der Waals surface area contributed by atoms with Crippen molar-refractivity contribution in [2.24, 2.45) is 0 Å². The Hall–Kier alpha value is -2.22. The van der Waals surface area contributed by atoms with Gasteiger partial charge in [-0.05, 0) is 67.1 Å². The number of esters is 1. The Balaban J connectivity index is 1.57. The molecule has 0 radical (unpaired) electrons. The highest BCUT2D eigenvalue weighted by Crippen LogP contribution is 2.41. The zero-order valence-corrected chi connectivity index (χ0v) is 16.6. The topological polar surface area (TPSA) is 65.3 Å². The molecule has 26 heavy (non-hydrogen) atoms. The molecule has 3 aromatic heterocycles. The van der Waals surface area contributed by atoms with E-state index in [0.717, 1.165) is 10.1 Å². The van der Waals surface area contributed by atoms with Crippen molar-refractivity contribution in [3.8, 4) is 0 Å². The Bertz CT molecular complexity index is 981. The van der Waals surface area contributed by atoms with Crippen molar-refractivity contribution in [1.29, 1.82) is 0 Å². The molecular formula is C18H21BrN5O2+. The van der Waals surface area contributed by atoms with Gasteiger partial charge in [-0.3, -0.25) is 0 Å². The van der Waals surface area contributed by atoms with Crippen molar-refractivity contribution in [2.45, 2.75) is 51.8 Å². The second-order valence-electron chi connectivity index (χ2n) is 7.68. The van der Waals surface area contributed by atoms with E-state index in [2.05, 4.69) is 42.9 Å². The molecule has 136 valence electrons. The lowest BCUT2D eigenvalue weighted by Crippen LogP contribution is -2.37. The molecule has 3 aromatic rings. The molecule has 4 rings (SSSR count). The number of rotatable bonds is 4. The quantitative estimate of drug-likeness (QED) is 0.482. The predicted octanol–water partition coefficient (Wildman–Crippen LogP) is 2.92. The zero-order chi connectivity index (χ0) is 18.5. The van der Waals surface area contributed by atoms with Crippen LogP contribution in [-0.4, -0.2) is 31.0 Å². The first-order valence-corrected chi connectivity index (χ1v) is 9.42. The van der Waals surface area contributed by atoms with Crippen LogP contribution in [0.25, 0.3) is 5.65 Å². The molecule has 0 bridgehead atoms. The van der Waals surface area contributed by atoms with Crippen LogP contribution in [0.1, 0.15) is 55.6 Å². The van der Waals surface area contributed by atoms with Crippen LogP contribution in [0.15, 0.2) is 35.3 Å². The maximum Gasteiger partial charge on any atom is 0.361 e. The van der Waals surface area contributed by atoms with E-state index in [0.29, 0.717) is 12.6 Å². The van der Waals surface area contributed by atoms with Crippen molar-refractivity contribution in [3.05, 3.63) is 46.6 Å². The number of carbonyl (C=O) groups excluding carboxylic acids is 1. The fourth-order valence-corrected chi connectivity index (χ4v) is 3.61. The van der Waals surface area contributed by atoms with E-state index >= 15 is 0 Å². The third-order valence-corrected chi connectivity index (χ3v) is 4.80.